The summed E-state index contributed by atoms with van der Waals surface area (Å²) in [6.45, 7) is 0. The minimum Gasteiger partial charge on any atom is -0.504 e. The minimum atomic E-state index is -1.000. The van der Waals surface area contributed by atoms with Crippen molar-refractivity contribution in [2.75, 3.05) is 10.5 Å². The number of benzene rings is 2. The van der Waals surface area contributed by atoms with Gasteiger partial charge in [0.05, 0.1) is 16.3 Å². The summed E-state index contributed by atoms with van der Waals surface area (Å²) in [6, 6.07) is 9.03. The van der Waals surface area contributed by atoms with Crippen LogP contribution in [-0.2, 0) is 9.59 Å². The maximum Gasteiger partial charge on any atom is 0.304 e. The van der Waals surface area contributed by atoms with Crippen LogP contribution in [-0.4, -0.2) is 27.3 Å². The van der Waals surface area contributed by atoms with Gasteiger partial charge in [-0.15, -0.1) is 0 Å². The molecule has 0 aliphatic heterocycles. The summed E-state index contributed by atoms with van der Waals surface area (Å²) in [5.74, 6) is -1.84. The van der Waals surface area contributed by atoms with E-state index in [9.17, 15) is 29.9 Å². The SMILES string of the molecule is O=CC(=O)NN(Nc1cccc([N+](=O)[O-])c1)c1ccc(O)c(O)c1. The summed E-state index contributed by atoms with van der Waals surface area (Å²) >= 11 is 0. The first kappa shape index (κ1) is 16.5. The Morgan fingerprint density at radius 1 is 1.17 bits per heavy atom. The first-order chi connectivity index (χ1) is 11.4. The standard InChI is InChI=1S/C14H12N4O6/c19-8-14(22)16-17(10-4-5-12(20)13(21)7-10)15-9-2-1-3-11(6-9)18(23)24/h1-8,15,20-21H,(H,16,22). The number of nitro benzene ring substituents is 1. The lowest BCUT2D eigenvalue weighted by molar-refractivity contribution is -0.384. The molecular formula is C14H12N4O6. The Hall–Kier alpha value is -3.82. The lowest BCUT2D eigenvalue weighted by Gasteiger charge is -2.25. The number of rotatable bonds is 6. The minimum absolute atomic E-state index is 0.0302. The van der Waals surface area contributed by atoms with Crippen LogP contribution in [0.5, 0.6) is 11.5 Å². The quantitative estimate of drug-likeness (QED) is 0.202. The van der Waals surface area contributed by atoms with Crippen molar-refractivity contribution in [1.82, 2.24) is 5.43 Å². The predicted molar refractivity (Wildman–Crippen MR) is 83.2 cm³/mol. The third-order valence-corrected chi connectivity index (χ3v) is 2.84. The van der Waals surface area contributed by atoms with Crippen LogP contribution in [0.25, 0.3) is 0 Å². The summed E-state index contributed by atoms with van der Waals surface area (Å²) in [5.41, 5.74) is 5.04. The fourth-order valence-electron chi connectivity index (χ4n) is 1.76. The second-order valence-electron chi connectivity index (χ2n) is 4.52. The van der Waals surface area contributed by atoms with E-state index >= 15 is 0 Å². The number of non-ortho nitro benzene ring substituents is 1. The largest absolute Gasteiger partial charge is 0.504 e. The lowest BCUT2D eigenvalue weighted by atomic mass is 10.2. The average Bonchev–Trinajstić information content (AvgIpc) is 2.56. The number of hydrazine groups is 2. The molecule has 10 nitrogen and oxygen atoms in total. The number of hydrogen-bond donors (Lipinski definition) is 4. The predicted octanol–water partition coefficient (Wildman–Crippen LogP) is 1.07. The zero-order valence-corrected chi connectivity index (χ0v) is 12.0. The topological polar surface area (TPSA) is 145 Å². The van der Waals surface area contributed by atoms with E-state index in [2.05, 4.69) is 10.9 Å². The van der Waals surface area contributed by atoms with Crippen molar-refractivity contribution in [2.45, 2.75) is 0 Å². The van der Waals surface area contributed by atoms with Crippen LogP contribution in [0.3, 0.4) is 0 Å². The van der Waals surface area contributed by atoms with Crippen molar-refractivity contribution in [3.63, 3.8) is 0 Å². The van der Waals surface area contributed by atoms with Gasteiger partial charge in [-0.25, -0.2) is 5.43 Å². The number of hydrogen-bond acceptors (Lipinski definition) is 8. The number of aldehydes is 1. The fraction of sp³-hybridized carbons (Fsp3) is 0. The molecule has 0 atom stereocenters. The van der Waals surface area contributed by atoms with E-state index in [1.807, 2.05) is 0 Å². The molecule has 0 aromatic heterocycles. The molecular weight excluding hydrogens is 320 g/mol. The van der Waals surface area contributed by atoms with E-state index in [4.69, 9.17) is 0 Å². The number of phenolic OH excluding ortho intramolecular Hbond substituents is 2. The van der Waals surface area contributed by atoms with Crippen molar-refractivity contribution in [3.05, 3.63) is 52.6 Å². The molecule has 0 radical (unpaired) electrons. The molecule has 0 unspecified atom stereocenters. The number of nitrogens with one attached hydrogen (secondary N) is 2. The molecule has 4 N–H and O–H groups in total. The van der Waals surface area contributed by atoms with Gasteiger partial charge in [0, 0.05) is 18.2 Å². The Labute approximate surface area is 135 Å². The van der Waals surface area contributed by atoms with Crippen LogP contribution < -0.4 is 16.0 Å². The second kappa shape index (κ2) is 6.96. The third kappa shape index (κ3) is 3.88. The van der Waals surface area contributed by atoms with Gasteiger partial charge in [-0.05, 0) is 18.2 Å². The van der Waals surface area contributed by atoms with Crippen molar-refractivity contribution in [3.8, 4) is 11.5 Å². The molecule has 0 aliphatic carbocycles. The normalized spacial score (nSPS) is 9.83. The average molecular weight is 332 g/mol. The molecule has 0 heterocycles. The van der Waals surface area contributed by atoms with Crippen LogP contribution >= 0.6 is 0 Å². The summed E-state index contributed by atoms with van der Waals surface area (Å²) in [7, 11) is 0. The third-order valence-electron chi connectivity index (χ3n) is 2.84. The number of nitrogens with zero attached hydrogens (tertiary/aromatic N) is 2. The Morgan fingerprint density at radius 2 is 1.92 bits per heavy atom. The Morgan fingerprint density at radius 3 is 2.54 bits per heavy atom. The van der Waals surface area contributed by atoms with Gasteiger partial charge in [-0.1, -0.05) is 6.07 Å². The van der Waals surface area contributed by atoms with E-state index in [1.165, 1.54) is 36.4 Å². The van der Waals surface area contributed by atoms with Crippen molar-refractivity contribution < 1.29 is 24.7 Å². The molecule has 0 saturated heterocycles. The van der Waals surface area contributed by atoms with Gasteiger partial charge in [0.25, 0.3) is 5.69 Å². The van der Waals surface area contributed by atoms with Gasteiger partial charge in [0.15, 0.2) is 11.5 Å². The van der Waals surface area contributed by atoms with E-state index < -0.39 is 16.6 Å². The highest BCUT2D eigenvalue weighted by Crippen LogP contribution is 2.29. The molecule has 0 spiro atoms. The maximum absolute atomic E-state index is 11.3. The first-order valence-electron chi connectivity index (χ1n) is 6.49. The summed E-state index contributed by atoms with van der Waals surface area (Å²) in [4.78, 5) is 32.1. The van der Waals surface area contributed by atoms with Gasteiger partial charge in [0.1, 0.15) is 0 Å². The van der Waals surface area contributed by atoms with Crippen LogP contribution in [0.2, 0.25) is 0 Å². The van der Waals surface area contributed by atoms with Crippen LogP contribution in [0.15, 0.2) is 42.5 Å². The van der Waals surface area contributed by atoms with Crippen LogP contribution in [0.4, 0.5) is 17.1 Å². The first-order valence-corrected chi connectivity index (χ1v) is 6.49. The zero-order valence-electron chi connectivity index (χ0n) is 12.0. The monoisotopic (exact) mass is 332 g/mol. The number of phenols is 2. The number of aromatic hydroxyl groups is 2. The molecule has 2 rings (SSSR count). The highest BCUT2D eigenvalue weighted by Gasteiger charge is 2.14. The van der Waals surface area contributed by atoms with Crippen molar-refractivity contribution >= 4 is 29.3 Å². The Balaban J connectivity index is 2.33. The lowest BCUT2D eigenvalue weighted by Crippen LogP contribution is -2.46. The van der Waals surface area contributed by atoms with E-state index in [1.54, 1.807) is 0 Å². The molecule has 10 heteroatoms. The highest BCUT2D eigenvalue weighted by atomic mass is 16.6. The van der Waals surface area contributed by atoms with Gasteiger partial charge in [0.2, 0.25) is 6.29 Å². The van der Waals surface area contributed by atoms with Gasteiger partial charge in [-0.3, -0.25) is 25.1 Å². The van der Waals surface area contributed by atoms with E-state index in [0.717, 1.165) is 11.2 Å². The van der Waals surface area contributed by atoms with Crippen LogP contribution in [0.1, 0.15) is 0 Å². The maximum atomic E-state index is 11.3. The fourth-order valence-corrected chi connectivity index (χ4v) is 1.76. The summed E-state index contributed by atoms with van der Waals surface area (Å²) < 4.78 is 0. The van der Waals surface area contributed by atoms with Crippen LogP contribution in [0, 0.1) is 10.1 Å². The Bertz CT molecular complexity index is 795. The zero-order chi connectivity index (χ0) is 17.7. The second-order valence-corrected chi connectivity index (χ2v) is 4.52. The summed E-state index contributed by atoms with van der Waals surface area (Å²) in [5, 5.41) is 30.7. The molecule has 0 fully saturated rings. The smallest absolute Gasteiger partial charge is 0.304 e. The van der Waals surface area contributed by atoms with Crippen molar-refractivity contribution in [1.29, 1.82) is 0 Å². The number of anilines is 2. The number of carbonyl (C=O) groups excluding carboxylic acids is 2. The number of carbonyl (C=O) groups is 2. The molecule has 24 heavy (non-hydrogen) atoms. The van der Waals surface area contributed by atoms with E-state index in [0.29, 0.717) is 0 Å². The van der Waals surface area contributed by atoms with E-state index in [-0.39, 0.29) is 29.1 Å². The van der Waals surface area contributed by atoms with Crippen molar-refractivity contribution in [2.24, 2.45) is 0 Å². The summed E-state index contributed by atoms with van der Waals surface area (Å²) in [6.07, 6.45) is 0.0302. The number of nitro groups is 1. The van der Waals surface area contributed by atoms with Gasteiger partial charge in [-0.2, -0.15) is 5.12 Å². The highest BCUT2D eigenvalue weighted by molar-refractivity contribution is 6.24. The molecule has 0 aliphatic rings. The molecule has 1 amide bonds. The number of amides is 1. The molecule has 0 bridgehead atoms. The molecule has 0 saturated carbocycles. The van der Waals surface area contributed by atoms with Gasteiger partial charge < -0.3 is 10.2 Å². The van der Waals surface area contributed by atoms with Gasteiger partial charge >= 0.3 is 5.91 Å². The Kier molecular flexibility index (Phi) is 4.80. The molecule has 2 aromatic carbocycles. The molecule has 124 valence electrons. The molecule has 2 aromatic rings.